The van der Waals surface area contributed by atoms with E-state index in [4.69, 9.17) is 14.2 Å². The molecular weight excluding hydrogens is 342 g/mol. The molecule has 0 aliphatic carbocycles. The van der Waals surface area contributed by atoms with Gasteiger partial charge in [-0.3, -0.25) is 4.79 Å². The molecule has 5 heteroatoms. The van der Waals surface area contributed by atoms with E-state index in [9.17, 15) is 4.79 Å². The molecule has 0 aromatic heterocycles. The summed E-state index contributed by atoms with van der Waals surface area (Å²) in [6.07, 6.45) is 2.74. The molecule has 27 heavy (non-hydrogen) atoms. The molecule has 1 N–H and O–H groups in total. The van der Waals surface area contributed by atoms with Gasteiger partial charge >= 0.3 is 0 Å². The van der Waals surface area contributed by atoms with E-state index >= 15 is 0 Å². The average molecular weight is 371 g/mol. The van der Waals surface area contributed by atoms with Crippen molar-refractivity contribution in [2.75, 3.05) is 27.4 Å². The van der Waals surface area contributed by atoms with Crippen molar-refractivity contribution in [2.24, 2.45) is 0 Å². The second-order valence-electron chi connectivity index (χ2n) is 6.39. The molecule has 2 aromatic carbocycles. The average Bonchev–Trinajstić information content (AvgIpc) is 2.68. The molecule has 146 valence electrons. The Kier molecular flexibility index (Phi) is 7.99. The standard InChI is InChI=1S/C22H29NO4/c1-5-6-13-27-20-10-8-18(15-21(20)26-4)22(24)23-12-11-17-14-16(2)7-9-19(17)25-3/h7-10,14-15H,5-6,11-13H2,1-4H3,(H,23,24). The summed E-state index contributed by atoms with van der Waals surface area (Å²) in [5.74, 6) is 1.93. The third-order valence-corrected chi connectivity index (χ3v) is 4.30. The Bertz CT molecular complexity index is 758. The highest BCUT2D eigenvalue weighted by molar-refractivity contribution is 5.94. The fourth-order valence-corrected chi connectivity index (χ4v) is 2.77. The van der Waals surface area contributed by atoms with Crippen LogP contribution >= 0.6 is 0 Å². The van der Waals surface area contributed by atoms with Crippen LogP contribution in [0.5, 0.6) is 17.2 Å². The first kappa shape index (κ1) is 20.6. The monoisotopic (exact) mass is 371 g/mol. The van der Waals surface area contributed by atoms with Gasteiger partial charge in [-0.05, 0) is 49.6 Å². The summed E-state index contributed by atoms with van der Waals surface area (Å²) in [7, 11) is 3.23. The van der Waals surface area contributed by atoms with Gasteiger partial charge in [0.2, 0.25) is 0 Å². The molecular formula is C22H29NO4. The predicted octanol–water partition coefficient (Wildman–Crippen LogP) is 4.16. The molecule has 0 aliphatic heterocycles. The van der Waals surface area contributed by atoms with Crippen LogP contribution < -0.4 is 19.5 Å². The summed E-state index contributed by atoms with van der Waals surface area (Å²) in [4.78, 5) is 12.5. The maximum atomic E-state index is 12.5. The third-order valence-electron chi connectivity index (χ3n) is 4.30. The van der Waals surface area contributed by atoms with Crippen molar-refractivity contribution in [3.05, 3.63) is 53.1 Å². The van der Waals surface area contributed by atoms with E-state index in [1.165, 1.54) is 5.56 Å². The first-order valence-electron chi connectivity index (χ1n) is 9.31. The lowest BCUT2D eigenvalue weighted by atomic mass is 10.1. The predicted molar refractivity (Wildman–Crippen MR) is 107 cm³/mol. The zero-order valence-corrected chi connectivity index (χ0v) is 16.6. The first-order chi connectivity index (χ1) is 13.1. The Morgan fingerprint density at radius 2 is 1.74 bits per heavy atom. The Hall–Kier alpha value is -2.69. The number of hydrogen-bond donors (Lipinski definition) is 1. The molecule has 0 saturated carbocycles. The highest BCUT2D eigenvalue weighted by Crippen LogP contribution is 2.28. The number of unbranched alkanes of at least 4 members (excludes halogenated alkanes) is 1. The van der Waals surface area contributed by atoms with Crippen LogP contribution in [0, 0.1) is 6.92 Å². The van der Waals surface area contributed by atoms with Gasteiger partial charge in [0.05, 0.1) is 20.8 Å². The Morgan fingerprint density at radius 3 is 2.44 bits per heavy atom. The van der Waals surface area contributed by atoms with Crippen molar-refractivity contribution >= 4 is 5.91 Å². The first-order valence-corrected chi connectivity index (χ1v) is 9.31. The van der Waals surface area contributed by atoms with Crippen molar-refractivity contribution in [1.29, 1.82) is 0 Å². The van der Waals surface area contributed by atoms with E-state index in [1.807, 2.05) is 19.1 Å². The van der Waals surface area contributed by atoms with Crippen molar-refractivity contribution in [3.8, 4) is 17.2 Å². The molecule has 0 unspecified atom stereocenters. The van der Waals surface area contributed by atoms with Gasteiger partial charge in [0.15, 0.2) is 11.5 Å². The molecule has 0 bridgehead atoms. The lowest BCUT2D eigenvalue weighted by Gasteiger charge is -2.13. The van der Waals surface area contributed by atoms with Gasteiger partial charge < -0.3 is 19.5 Å². The van der Waals surface area contributed by atoms with Crippen LogP contribution in [0.4, 0.5) is 0 Å². The SMILES string of the molecule is CCCCOc1ccc(C(=O)NCCc2cc(C)ccc2OC)cc1OC. The molecule has 0 atom stereocenters. The fourth-order valence-electron chi connectivity index (χ4n) is 2.77. The number of rotatable bonds is 10. The van der Waals surface area contributed by atoms with Crippen LogP contribution in [0.15, 0.2) is 36.4 Å². The molecule has 5 nitrogen and oxygen atoms in total. The lowest BCUT2D eigenvalue weighted by Crippen LogP contribution is -2.25. The third kappa shape index (κ3) is 5.91. The number of ether oxygens (including phenoxy) is 3. The Morgan fingerprint density at radius 1 is 1.00 bits per heavy atom. The minimum Gasteiger partial charge on any atom is -0.496 e. The van der Waals surface area contributed by atoms with Crippen LogP contribution in [0.3, 0.4) is 0 Å². The molecule has 0 heterocycles. The molecule has 0 fully saturated rings. The minimum absolute atomic E-state index is 0.139. The second kappa shape index (κ2) is 10.5. The number of methoxy groups -OCH3 is 2. The van der Waals surface area contributed by atoms with E-state index in [2.05, 4.69) is 18.3 Å². The van der Waals surface area contributed by atoms with E-state index in [0.29, 0.717) is 36.6 Å². The number of amides is 1. The summed E-state index contributed by atoms with van der Waals surface area (Å²) < 4.78 is 16.5. The van der Waals surface area contributed by atoms with Gasteiger partial charge in [-0.25, -0.2) is 0 Å². The zero-order valence-electron chi connectivity index (χ0n) is 16.6. The molecule has 0 spiro atoms. The van der Waals surface area contributed by atoms with Gasteiger partial charge in [0.25, 0.3) is 5.91 Å². The van der Waals surface area contributed by atoms with Crippen molar-refractivity contribution in [3.63, 3.8) is 0 Å². The number of hydrogen-bond acceptors (Lipinski definition) is 4. The van der Waals surface area contributed by atoms with Crippen molar-refractivity contribution < 1.29 is 19.0 Å². The van der Waals surface area contributed by atoms with Crippen molar-refractivity contribution in [1.82, 2.24) is 5.32 Å². The van der Waals surface area contributed by atoms with Gasteiger partial charge in [0, 0.05) is 12.1 Å². The lowest BCUT2D eigenvalue weighted by molar-refractivity contribution is 0.0953. The van der Waals surface area contributed by atoms with E-state index < -0.39 is 0 Å². The molecule has 2 aromatic rings. The minimum atomic E-state index is -0.139. The number of carbonyl (C=O) groups is 1. The highest BCUT2D eigenvalue weighted by Gasteiger charge is 2.11. The maximum Gasteiger partial charge on any atom is 0.251 e. The second-order valence-corrected chi connectivity index (χ2v) is 6.39. The normalized spacial score (nSPS) is 10.4. The topological polar surface area (TPSA) is 56.8 Å². The van der Waals surface area contributed by atoms with Crippen LogP contribution in [0.1, 0.15) is 41.3 Å². The van der Waals surface area contributed by atoms with Gasteiger partial charge in [-0.15, -0.1) is 0 Å². The van der Waals surface area contributed by atoms with Crippen LogP contribution in [-0.2, 0) is 6.42 Å². The summed E-state index contributed by atoms with van der Waals surface area (Å²) in [6.45, 7) is 5.31. The Balaban J connectivity index is 1.96. The molecule has 0 radical (unpaired) electrons. The van der Waals surface area contributed by atoms with Crippen LogP contribution in [-0.4, -0.2) is 33.3 Å². The number of nitrogens with one attached hydrogen (secondary N) is 1. The largest absolute Gasteiger partial charge is 0.496 e. The summed E-state index contributed by atoms with van der Waals surface area (Å²) >= 11 is 0. The van der Waals surface area contributed by atoms with Gasteiger partial charge in [-0.1, -0.05) is 31.0 Å². The molecule has 0 aliphatic rings. The van der Waals surface area contributed by atoms with E-state index in [0.717, 1.165) is 24.2 Å². The van der Waals surface area contributed by atoms with Gasteiger partial charge in [-0.2, -0.15) is 0 Å². The zero-order chi connectivity index (χ0) is 19.6. The highest BCUT2D eigenvalue weighted by atomic mass is 16.5. The molecule has 1 amide bonds. The fraction of sp³-hybridized carbons (Fsp3) is 0.409. The molecule has 0 saturated heterocycles. The van der Waals surface area contributed by atoms with E-state index in [-0.39, 0.29) is 5.91 Å². The number of carbonyl (C=O) groups excluding carboxylic acids is 1. The molecule has 2 rings (SSSR count). The smallest absolute Gasteiger partial charge is 0.251 e. The number of benzene rings is 2. The summed E-state index contributed by atoms with van der Waals surface area (Å²) in [5.41, 5.74) is 2.79. The quantitative estimate of drug-likeness (QED) is 0.637. The maximum absolute atomic E-state index is 12.5. The van der Waals surface area contributed by atoms with Gasteiger partial charge in [0.1, 0.15) is 5.75 Å². The van der Waals surface area contributed by atoms with E-state index in [1.54, 1.807) is 32.4 Å². The van der Waals surface area contributed by atoms with Crippen LogP contribution in [0.25, 0.3) is 0 Å². The number of aryl methyl sites for hydroxylation is 1. The Labute approximate surface area is 161 Å². The summed E-state index contributed by atoms with van der Waals surface area (Å²) in [6, 6.07) is 11.3. The summed E-state index contributed by atoms with van der Waals surface area (Å²) in [5, 5.41) is 2.95. The van der Waals surface area contributed by atoms with Crippen LogP contribution in [0.2, 0.25) is 0 Å². The van der Waals surface area contributed by atoms with Crippen molar-refractivity contribution in [2.45, 2.75) is 33.1 Å².